The van der Waals surface area contributed by atoms with Crippen molar-refractivity contribution in [2.24, 2.45) is 0 Å². The minimum absolute atomic E-state index is 0.122. The second-order valence-electron chi connectivity index (χ2n) is 17.7. The van der Waals surface area contributed by atoms with Crippen LogP contribution >= 0.6 is 0 Å². The molecule has 67 heavy (non-hydrogen) atoms. The molecule has 0 aromatic rings. The Morgan fingerprint density at radius 2 is 0.597 bits per heavy atom. The second-order valence-corrected chi connectivity index (χ2v) is 17.7. The molecule has 6 heteroatoms. The van der Waals surface area contributed by atoms with Crippen LogP contribution in [-0.4, -0.2) is 37.2 Å². The molecule has 1 atom stereocenters. The van der Waals surface area contributed by atoms with Crippen LogP contribution in [0.1, 0.15) is 239 Å². The van der Waals surface area contributed by atoms with Crippen molar-refractivity contribution >= 4 is 17.9 Å². The maximum atomic E-state index is 12.8. The molecule has 0 aromatic carbocycles. The van der Waals surface area contributed by atoms with Crippen LogP contribution in [-0.2, 0) is 28.6 Å². The molecule has 0 aliphatic rings. The fourth-order valence-electron chi connectivity index (χ4n) is 7.13. The number of ether oxygens (including phenoxy) is 3. The Hall–Kier alpha value is -3.93. The molecule has 0 N–H and O–H groups in total. The standard InChI is InChI=1S/C61H100O6/c1-4-7-10-13-16-19-22-25-28-30-33-36-39-42-45-48-51-54-60(63)66-57-58(56-65-59(62)53-50-47-44-41-38-35-32-27-24-21-18-15-12-9-6-3)67-61(64)55-52-49-46-43-40-37-34-31-29-26-23-20-17-14-11-8-5-2/h7,10,16,19,25-29,32-34,36-37,42-43,45-46,58H,4-6,8-9,11-15,17-18,20-24,30-31,35,38-41,44,47-57H2,1-3H3/b10-7-,19-16-,28-25-,29-26-,32-27-,36-33-,37-34-,45-42-,46-43-/t58-/m0/s1. The molecule has 380 valence electrons. The van der Waals surface area contributed by atoms with Crippen LogP contribution in [0.4, 0.5) is 0 Å². The topological polar surface area (TPSA) is 78.9 Å². The first-order valence-electron chi connectivity index (χ1n) is 27.4. The molecule has 0 amide bonds. The third kappa shape index (κ3) is 52.9. The number of esters is 3. The Labute approximate surface area is 412 Å². The minimum Gasteiger partial charge on any atom is -0.462 e. The van der Waals surface area contributed by atoms with E-state index in [1.54, 1.807) is 0 Å². The predicted molar refractivity (Wildman–Crippen MR) is 288 cm³/mol. The molecular formula is C61H100O6. The van der Waals surface area contributed by atoms with Crippen LogP contribution in [0.25, 0.3) is 0 Å². The van der Waals surface area contributed by atoms with Gasteiger partial charge in [0.2, 0.25) is 0 Å². The van der Waals surface area contributed by atoms with Gasteiger partial charge in [-0.15, -0.1) is 0 Å². The largest absolute Gasteiger partial charge is 0.462 e. The van der Waals surface area contributed by atoms with E-state index in [9.17, 15) is 14.4 Å². The van der Waals surface area contributed by atoms with Crippen LogP contribution in [0.5, 0.6) is 0 Å². The highest BCUT2D eigenvalue weighted by Gasteiger charge is 2.19. The van der Waals surface area contributed by atoms with Crippen LogP contribution in [0.2, 0.25) is 0 Å². The fraction of sp³-hybridized carbons (Fsp3) is 0.656. The van der Waals surface area contributed by atoms with E-state index in [-0.39, 0.29) is 44.0 Å². The zero-order valence-electron chi connectivity index (χ0n) is 43.4. The molecule has 0 aromatic heterocycles. The molecule has 0 unspecified atom stereocenters. The summed E-state index contributed by atoms with van der Waals surface area (Å²) >= 11 is 0. The van der Waals surface area contributed by atoms with Gasteiger partial charge in [-0.05, 0) is 116 Å². The van der Waals surface area contributed by atoms with Crippen molar-refractivity contribution in [3.63, 3.8) is 0 Å². The van der Waals surface area contributed by atoms with Gasteiger partial charge < -0.3 is 14.2 Å². The predicted octanol–water partition coefficient (Wildman–Crippen LogP) is 18.3. The molecule has 0 rings (SSSR count). The van der Waals surface area contributed by atoms with Gasteiger partial charge in [-0.2, -0.15) is 0 Å². The lowest BCUT2D eigenvalue weighted by Gasteiger charge is -2.18. The van der Waals surface area contributed by atoms with Gasteiger partial charge in [-0.3, -0.25) is 14.4 Å². The maximum absolute atomic E-state index is 12.8. The summed E-state index contributed by atoms with van der Waals surface area (Å²) in [7, 11) is 0. The summed E-state index contributed by atoms with van der Waals surface area (Å²) in [6.45, 7) is 6.41. The van der Waals surface area contributed by atoms with E-state index in [0.717, 1.165) is 89.9 Å². The Bertz CT molecular complexity index is 1390. The van der Waals surface area contributed by atoms with Gasteiger partial charge in [0.05, 0.1) is 0 Å². The van der Waals surface area contributed by atoms with Gasteiger partial charge in [-0.1, -0.05) is 214 Å². The maximum Gasteiger partial charge on any atom is 0.306 e. The molecule has 0 radical (unpaired) electrons. The van der Waals surface area contributed by atoms with E-state index < -0.39 is 6.10 Å². The Balaban J connectivity index is 4.58. The number of carbonyl (C=O) groups excluding carboxylic acids is 3. The second kappa shape index (κ2) is 54.7. The highest BCUT2D eigenvalue weighted by Crippen LogP contribution is 2.12. The summed E-state index contributed by atoms with van der Waals surface area (Å²) in [5.41, 5.74) is 0. The lowest BCUT2D eigenvalue weighted by Crippen LogP contribution is -2.30. The van der Waals surface area contributed by atoms with E-state index in [1.807, 2.05) is 0 Å². The quantitative estimate of drug-likeness (QED) is 0.0262. The molecule has 0 saturated carbocycles. The zero-order valence-corrected chi connectivity index (χ0v) is 43.4. The number of unbranched alkanes of at least 4 members (excludes halogenated alkanes) is 19. The lowest BCUT2D eigenvalue weighted by molar-refractivity contribution is -0.167. The third-order valence-electron chi connectivity index (χ3n) is 11.2. The van der Waals surface area contributed by atoms with Crippen LogP contribution in [0.3, 0.4) is 0 Å². The van der Waals surface area contributed by atoms with Crippen molar-refractivity contribution in [2.45, 2.75) is 245 Å². The van der Waals surface area contributed by atoms with E-state index in [4.69, 9.17) is 14.2 Å². The van der Waals surface area contributed by atoms with Crippen molar-refractivity contribution in [1.82, 2.24) is 0 Å². The van der Waals surface area contributed by atoms with E-state index in [0.29, 0.717) is 19.3 Å². The van der Waals surface area contributed by atoms with Crippen molar-refractivity contribution in [3.05, 3.63) is 109 Å². The van der Waals surface area contributed by atoms with Crippen LogP contribution < -0.4 is 0 Å². The van der Waals surface area contributed by atoms with Gasteiger partial charge in [0.1, 0.15) is 13.2 Å². The Morgan fingerprint density at radius 3 is 0.985 bits per heavy atom. The summed E-state index contributed by atoms with van der Waals surface area (Å²) in [4.78, 5) is 38.0. The molecule has 0 spiro atoms. The van der Waals surface area contributed by atoms with Crippen molar-refractivity contribution in [2.75, 3.05) is 13.2 Å². The zero-order chi connectivity index (χ0) is 48.6. The first kappa shape index (κ1) is 63.1. The average Bonchev–Trinajstić information content (AvgIpc) is 3.33. The van der Waals surface area contributed by atoms with Crippen LogP contribution in [0.15, 0.2) is 109 Å². The van der Waals surface area contributed by atoms with Gasteiger partial charge in [-0.25, -0.2) is 0 Å². The van der Waals surface area contributed by atoms with Crippen molar-refractivity contribution in [1.29, 1.82) is 0 Å². The third-order valence-corrected chi connectivity index (χ3v) is 11.2. The first-order valence-corrected chi connectivity index (χ1v) is 27.4. The SMILES string of the molecule is CC/C=C\C/C=C\C/C=C\C/C=C\C/C=C\CCCC(=O)OC[C@H](COC(=O)CCCCCCC/C=C\CCCCCCCC)OC(=O)CCC/C=C\C/C=C\C/C=C\CCCCCCCC. The van der Waals surface area contributed by atoms with E-state index in [2.05, 4.69) is 130 Å². The average molecular weight is 929 g/mol. The smallest absolute Gasteiger partial charge is 0.306 e. The lowest BCUT2D eigenvalue weighted by atomic mass is 10.1. The normalized spacial score (nSPS) is 12.9. The molecule has 0 fully saturated rings. The molecule has 0 aliphatic heterocycles. The monoisotopic (exact) mass is 929 g/mol. The molecular weight excluding hydrogens is 829 g/mol. The molecule has 0 bridgehead atoms. The van der Waals surface area contributed by atoms with Crippen molar-refractivity contribution < 1.29 is 28.6 Å². The van der Waals surface area contributed by atoms with E-state index in [1.165, 1.54) is 96.3 Å². The number of hydrogen-bond acceptors (Lipinski definition) is 6. The van der Waals surface area contributed by atoms with Crippen molar-refractivity contribution in [3.8, 4) is 0 Å². The number of carbonyl (C=O) groups is 3. The minimum atomic E-state index is -0.832. The Morgan fingerprint density at radius 1 is 0.313 bits per heavy atom. The highest BCUT2D eigenvalue weighted by atomic mass is 16.6. The molecule has 6 nitrogen and oxygen atoms in total. The first-order chi connectivity index (χ1) is 33.0. The molecule has 0 heterocycles. The summed E-state index contributed by atoms with van der Waals surface area (Å²) < 4.78 is 16.7. The highest BCUT2D eigenvalue weighted by molar-refractivity contribution is 5.71. The van der Waals surface area contributed by atoms with Crippen LogP contribution in [0, 0.1) is 0 Å². The van der Waals surface area contributed by atoms with E-state index >= 15 is 0 Å². The van der Waals surface area contributed by atoms with Gasteiger partial charge in [0.15, 0.2) is 6.10 Å². The Kier molecular flexibility index (Phi) is 51.5. The summed E-state index contributed by atoms with van der Waals surface area (Å²) in [6, 6.07) is 0. The summed E-state index contributed by atoms with van der Waals surface area (Å²) in [5.74, 6) is -1.05. The number of hydrogen-bond donors (Lipinski definition) is 0. The summed E-state index contributed by atoms with van der Waals surface area (Å²) in [6.07, 6.45) is 73.7. The number of allylic oxidation sites excluding steroid dienone is 18. The van der Waals surface area contributed by atoms with Gasteiger partial charge in [0.25, 0.3) is 0 Å². The number of rotatable bonds is 48. The summed E-state index contributed by atoms with van der Waals surface area (Å²) in [5, 5.41) is 0. The molecule has 0 aliphatic carbocycles. The van der Waals surface area contributed by atoms with Gasteiger partial charge >= 0.3 is 17.9 Å². The fourth-order valence-corrected chi connectivity index (χ4v) is 7.13. The molecule has 0 saturated heterocycles. The van der Waals surface area contributed by atoms with Gasteiger partial charge in [0, 0.05) is 19.3 Å².